The molecule has 0 fully saturated rings. The predicted molar refractivity (Wildman–Crippen MR) is 315 cm³/mol. The largest absolute Gasteiger partial charge is 0.508 e. The van der Waals surface area contributed by atoms with Crippen LogP contribution in [0, 0.1) is 6.92 Å². The summed E-state index contributed by atoms with van der Waals surface area (Å²) in [6.45, 7) is 8.69. The third-order valence-electron chi connectivity index (χ3n) is 15.9. The Bertz CT molecular complexity index is 3600. The lowest BCUT2D eigenvalue weighted by Gasteiger charge is -2.35. The van der Waals surface area contributed by atoms with Gasteiger partial charge in [0.1, 0.15) is 40.2 Å². The van der Waals surface area contributed by atoms with Crippen molar-refractivity contribution in [2.24, 2.45) is 0 Å². The number of aromatic hydroxyl groups is 7. The van der Waals surface area contributed by atoms with E-state index in [2.05, 4.69) is 125 Å². The highest BCUT2D eigenvalue weighted by molar-refractivity contribution is 5.61. The maximum absolute atomic E-state index is 12.4. The molecule has 10 rings (SSSR count). The monoisotopic (exact) mass is 1040 g/mol. The quantitative estimate of drug-likeness (QED) is 0.0450. The lowest BCUT2D eigenvalue weighted by atomic mass is 9.68. The van der Waals surface area contributed by atoms with E-state index in [1.165, 1.54) is 0 Å². The van der Waals surface area contributed by atoms with Gasteiger partial charge in [0.05, 0.1) is 0 Å². The number of aryl methyl sites for hydroxylation is 1. The number of rotatable bonds is 17. The topological polar surface area (TPSA) is 142 Å². The number of phenolic OH excluding ortho intramolecular Hbond substituents is 7. The standard InChI is InChI=1S/C72H66O7/c1-46-10-12-48(13-11-46)35-56-43-62(42-55(69(56)78)34-47-8-6-5-7-9-47)72(4,63-44-57(38-51-18-30-66(75)31-19-51)70(79)58(45-63)39-52-20-32-67(76)33-21-52)60-24-22-59(23-25-60)71(2,3)61-40-53(36-49-14-26-64(73)27-15-49)68(77)54(41-61)37-50-16-28-65(74)29-17-50/h5-33,40-45,73-79H,34-39H2,1-4H3. The molecule has 10 aromatic rings. The summed E-state index contributed by atoms with van der Waals surface area (Å²) in [4.78, 5) is 0. The minimum absolute atomic E-state index is 0.156. The lowest BCUT2D eigenvalue weighted by Crippen LogP contribution is -2.27. The van der Waals surface area contributed by atoms with Crippen LogP contribution in [-0.2, 0) is 49.4 Å². The molecule has 0 aliphatic carbocycles. The molecule has 0 spiro atoms. The highest BCUT2D eigenvalue weighted by atomic mass is 16.3. The molecule has 7 nitrogen and oxygen atoms in total. The average molecular weight is 1040 g/mol. The zero-order chi connectivity index (χ0) is 55.4. The lowest BCUT2D eigenvalue weighted by molar-refractivity contribution is 0.461. The second kappa shape index (κ2) is 22.4. The summed E-state index contributed by atoms with van der Waals surface area (Å²) < 4.78 is 0. The molecule has 0 bridgehead atoms. The van der Waals surface area contributed by atoms with E-state index in [1.54, 1.807) is 48.5 Å². The van der Waals surface area contributed by atoms with Crippen LogP contribution in [0.5, 0.6) is 40.2 Å². The zero-order valence-electron chi connectivity index (χ0n) is 45.1. The van der Waals surface area contributed by atoms with E-state index in [0.717, 1.165) is 89.0 Å². The van der Waals surface area contributed by atoms with E-state index >= 15 is 0 Å². The van der Waals surface area contributed by atoms with Gasteiger partial charge in [-0.25, -0.2) is 0 Å². The van der Waals surface area contributed by atoms with E-state index in [-0.39, 0.29) is 40.2 Å². The molecule has 1 unspecified atom stereocenters. The van der Waals surface area contributed by atoms with E-state index in [0.29, 0.717) is 49.7 Å². The normalized spacial score (nSPS) is 12.3. The van der Waals surface area contributed by atoms with Crippen LogP contribution in [0.4, 0.5) is 0 Å². The van der Waals surface area contributed by atoms with Crippen LogP contribution in [0.25, 0.3) is 0 Å². The summed E-state index contributed by atoms with van der Waals surface area (Å²) in [7, 11) is 0. The first-order valence-electron chi connectivity index (χ1n) is 26.9. The maximum atomic E-state index is 12.4. The van der Waals surface area contributed by atoms with E-state index in [1.807, 2.05) is 66.7 Å². The van der Waals surface area contributed by atoms with Crippen molar-refractivity contribution < 1.29 is 35.7 Å². The number of hydrogen-bond donors (Lipinski definition) is 7. The number of phenols is 7. The molecule has 0 heterocycles. The molecule has 0 aromatic heterocycles. The Labute approximate surface area is 463 Å². The van der Waals surface area contributed by atoms with Crippen LogP contribution in [0.2, 0.25) is 0 Å². The predicted octanol–water partition coefficient (Wildman–Crippen LogP) is 15.2. The van der Waals surface area contributed by atoms with Crippen molar-refractivity contribution in [1.82, 2.24) is 0 Å². The average Bonchev–Trinajstić information content (AvgIpc) is 3.64. The van der Waals surface area contributed by atoms with Gasteiger partial charge in [0.2, 0.25) is 0 Å². The van der Waals surface area contributed by atoms with Crippen molar-refractivity contribution in [2.75, 3.05) is 0 Å². The molecule has 0 radical (unpaired) electrons. The molecule has 79 heavy (non-hydrogen) atoms. The third-order valence-corrected chi connectivity index (χ3v) is 15.9. The summed E-state index contributed by atoms with van der Waals surface area (Å²) in [6, 6.07) is 68.3. The molecule has 7 N–H and O–H groups in total. The van der Waals surface area contributed by atoms with Gasteiger partial charge in [0, 0.05) is 49.4 Å². The number of hydrogen-bond acceptors (Lipinski definition) is 7. The second-order valence-corrected chi connectivity index (χ2v) is 22.0. The van der Waals surface area contributed by atoms with Crippen molar-refractivity contribution >= 4 is 0 Å². The Morgan fingerprint density at radius 3 is 0.823 bits per heavy atom. The van der Waals surface area contributed by atoms with Crippen LogP contribution < -0.4 is 0 Å². The molecule has 0 saturated carbocycles. The SMILES string of the molecule is Cc1ccc(Cc2cc(C(C)(c3ccc(C(C)(C)c4cc(Cc5ccc(O)cc5)c(O)c(Cc5ccc(O)cc5)c4)cc3)c3cc(Cc4ccc(O)cc4)c(O)c(Cc4ccc(O)cc4)c3)cc(Cc3ccccc3)c2O)cc1. The molecular weight excluding hydrogens is 977 g/mol. The first-order valence-corrected chi connectivity index (χ1v) is 26.9. The van der Waals surface area contributed by atoms with Gasteiger partial charge in [0.25, 0.3) is 0 Å². The minimum Gasteiger partial charge on any atom is -0.508 e. The fraction of sp³-hybridized carbons (Fsp3) is 0.167. The summed E-state index contributed by atoms with van der Waals surface area (Å²) in [5, 5.41) is 77.3. The second-order valence-electron chi connectivity index (χ2n) is 22.0. The van der Waals surface area contributed by atoms with Gasteiger partial charge in [-0.15, -0.1) is 0 Å². The summed E-state index contributed by atoms with van der Waals surface area (Å²) in [5.74, 6) is 1.28. The third kappa shape index (κ3) is 11.9. The highest BCUT2D eigenvalue weighted by Gasteiger charge is 2.36. The van der Waals surface area contributed by atoms with E-state index in [4.69, 9.17) is 0 Å². The molecule has 0 saturated heterocycles. The smallest absolute Gasteiger partial charge is 0.122 e. The number of benzene rings is 10. The first kappa shape index (κ1) is 53.2. The molecular formula is C72H66O7. The molecule has 396 valence electrons. The van der Waals surface area contributed by atoms with Crippen LogP contribution in [0.1, 0.15) is 121 Å². The van der Waals surface area contributed by atoms with Crippen LogP contribution in [0.3, 0.4) is 0 Å². The molecule has 7 heteroatoms. The molecule has 10 aromatic carbocycles. The van der Waals surface area contributed by atoms with Gasteiger partial charge in [-0.3, -0.25) is 0 Å². The van der Waals surface area contributed by atoms with E-state index in [9.17, 15) is 35.7 Å². The molecule has 1 atom stereocenters. The zero-order valence-corrected chi connectivity index (χ0v) is 45.1. The summed E-state index contributed by atoms with van der Waals surface area (Å²) in [5.41, 5.74) is 14.9. The Morgan fingerprint density at radius 2 is 0.519 bits per heavy atom. The summed E-state index contributed by atoms with van der Waals surface area (Å²) >= 11 is 0. The van der Waals surface area contributed by atoms with Gasteiger partial charge in [0.15, 0.2) is 0 Å². The molecule has 0 aliphatic rings. The van der Waals surface area contributed by atoms with Gasteiger partial charge >= 0.3 is 0 Å². The van der Waals surface area contributed by atoms with Crippen molar-refractivity contribution in [3.05, 3.63) is 312 Å². The van der Waals surface area contributed by atoms with Crippen molar-refractivity contribution in [3.8, 4) is 40.2 Å². The highest BCUT2D eigenvalue weighted by Crippen LogP contribution is 2.46. The fourth-order valence-corrected chi connectivity index (χ4v) is 11.0. The van der Waals surface area contributed by atoms with Crippen LogP contribution in [-0.4, -0.2) is 35.7 Å². The first-order chi connectivity index (χ1) is 38.0. The minimum atomic E-state index is -0.905. The van der Waals surface area contributed by atoms with Gasteiger partial charge in [-0.2, -0.15) is 0 Å². The van der Waals surface area contributed by atoms with Crippen molar-refractivity contribution in [1.29, 1.82) is 0 Å². The molecule has 0 amide bonds. The van der Waals surface area contributed by atoms with Gasteiger partial charge < -0.3 is 35.7 Å². The Kier molecular flexibility index (Phi) is 15.1. The van der Waals surface area contributed by atoms with E-state index < -0.39 is 10.8 Å². The summed E-state index contributed by atoms with van der Waals surface area (Å²) in [6.07, 6.45) is 2.64. The molecule has 0 aliphatic heterocycles. The van der Waals surface area contributed by atoms with Crippen LogP contribution in [0.15, 0.2) is 212 Å². The van der Waals surface area contributed by atoms with Crippen molar-refractivity contribution in [3.63, 3.8) is 0 Å². The maximum Gasteiger partial charge on any atom is 0.122 e. The van der Waals surface area contributed by atoms with Gasteiger partial charge in [-0.05, 0) is 157 Å². The Hall–Kier alpha value is -9.20. The van der Waals surface area contributed by atoms with Crippen LogP contribution >= 0.6 is 0 Å². The Morgan fingerprint density at radius 1 is 0.266 bits per heavy atom. The fourth-order valence-electron chi connectivity index (χ4n) is 11.0. The Balaban J connectivity index is 1.15. The van der Waals surface area contributed by atoms with Crippen molar-refractivity contribution in [2.45, 2.75) is 77.0 Å². The van der Waals surface area contributed by atoms with Gasteiger partial charge in [-0.1, -0.05) is 183 Å².